The third kappa shape index (κ3) is 15.3. The van der Waals surface area contributed by atoms with Crippen LogP contribution in [0.5, 0.6) is 0 Å². The number of unbranched alkanes of at least 4 members (excludes halogenated alkanes) is 1. The molecule has 0 saturated heterocycles. The number of amides is 4. The summed E-state index contributed by atoms with van der Waals surface area (Å²) in [5, 5.41) is 16.7. The third-order valence-corrected chi connectivity index (χ3v) is 14.8. The van der Waals surface area contributed by atoms with Crippen molar-refractivity contribution in [1.82, 2.24) is 40.2 Å². The van der Waals surface area contributed by atoms with Gasteiger partial charge in [0.15, 0.2) is 0 Å². The van der Waals surface area contributed by atoms with Gasteiger partial charge >= 0.3 is 12.1 Å². The summed E-state index contributed by atoms with van der Waals surface area (Å²) in [4.78, 5) is 55.9. The first-order chi connectivity index (χ1) is 36.8. The number of nitrogens with zero attached hydrogens (tertiary/aromatic N) is 4. The lowest BCUT2D eigenvalue weighted by molar-refractivity contribution is 0.0462. The van der Waals surface area contributed by atoms with Gasteiger partial charge in [-0.3, -0.25) is 9.59 Å². The molecule has 2 aliphatic heterocycles. The van der Waals surface area contributed by atoms with Crippen LogP contribution in [0.25, 0.3) is 21.5 Å². The van der Waals surface area contributed by atoms with E-state index < -0.39 is 0 Å². The largest absolute Gasteiger partial charge is 0.377 e. The van der Waals surface area contributed by atoms with Gasteiger partial charge in [-0.15, -0.1) is 0 Å². The second kappa shape index (κ2) is 27.9. The number of rotatable bonds is 25. The van der Waals surface area contributed by atoms with Crippen LogP contribution in [0.3, 0.4) is 0 Å². The Balaban J connectivity index is 0.609. The molecule has 4 amide bonds. The molecule has 0 spiro atoms. The maximum Gasteiger partial charge on any atom is 0.314 e. The fraction of sp³-hybridized carbons (Fsp3) is 0.429. The number of carbonyl (C=O) groups excluding carboxylic acids is 2. The first-order valence-corrected chi connectivity index (χ1v) is 27.3. The average Bonchev–Trinajstić information content (AvgIpc) is 3.45. The Morgan fingerprint density at radius 2 is 0.908 bits per heavy atom. The number of pyridine rings is 2. The van der Waals surface area contributed by atoms with Gasteiger partial charge in [0, 0.05) is 121 Å². The highest BCUT2D eigenvalue weighted by atomic mass is 35.5. The van der Waals surface area contributed by atoms with E-state index in [1.165, 1.54) is 0 Å². The van der Waals surface area contributed by atoms with E-state index in [1.54, 1.807) is 33.7 Å². The van der Waals surface area contributed by atoms with Crippen molar-refractivity contribution >= 4 is 80.0 Å². The van der Waals surface area contributed by atoms with E-state index in [0.29, 0.717) is 136 Å². The Bertz CT molecular complexity index is 2900. The van der Waals surface area contributed by atoms with Crippen molar-refractivity contribution in [3.05, 3.63) is 159 Å². The minimum Gasteiger partial charge on any atom is -0.377 e. The monoisotopic (exact) mass is 1120 g/mol. The lowest BCUT2D eigenvalue weighted by Gasteiger charge is -2.33. The van der Waals surface area contributed by atoms with Gasteiger partial charge in [-0.1, -0.05) is 70.7 Å². The number of hydrogen-bond acceptors (Lipinski definition) is 10. The number of nitrogens with one attached hydrogen (secondary N) is 4. The summed E-state index contributed by atoms with van der Waals surface area (Å²) in [6.45, 7) is 8.14. The Hall–Kier alpha value is -5.24. The van der Waals surface area contributed by atoms with Crippen LogP contribution in [0.2, 0.25) is 20.1 Å². The summed E-state index contributed by atoms with van der Waals surface area (Å²) >= 11 is 26.0. The third-order valence-electron chi connectivity index (χ3n) is 13.7. The van der Waals surface area contributed by atoms with Crippen molar-refractivity contribution in [2.45, 2.75) is 50.9 Å². The highest BCUT2D eigenvalue weighted by molar-refractivity contribution is 6.35. The zero-order valence-electron chi connectivity index (χ0n) is 42.9. The summed E-state index contributed by atoms with van der Waals surface area (Å²) in [7, 11) is 4.13. The number of benzene rings is 4. The highest BCUT2D eigenvalue weighted by Gasteiger charge is 2.29. The number of fused-ring (bicyclic) bond motifs is 4. The van der Waals surface area contributed by atoms with E-state index in [2.05, 4.69) is 57.3 Å². The lowest BCUT2D eigenvalue weighted by Crippen LogP contribution is -2.39. The molecule has 2 unspecified atom stereocenters. The van der Waals surface area contributed by atoms with Crippen LogP contribution >= 0.6 is 46.4 Å². The maximum atomic E-state index is 13.5. The molecule has 2 aliphatic rings. The fourth-order valence-corrected chi connectivity index (χ4v) is 11.0. The zero-order chi connectivity index (χ0) is 53.6. The van der Waals surface area contributed by atoms with E-state index >= 15 is 0 Å². The molecule has 0 saturated carbocycles. The van der Waals surface area contributed by atoms with Crippen LogP contribution in [0, 0.1) is 0 Å². The van der Waals surface area contributed by atoms with Gasteiger partial charge in [0.1, 0.15) is 0 Å². The van der Waals surface area contributed by atoms with Crippen molar-refractivity contribution in [3.8, 4) is 0 Å². The van der Waals surface area contributed by atoms with Gasteiger partial charge in [-0.05, 0) is 120 Å². The summed E-state index contributed by atoms with van der Waals surface area (Å²) in [5.41, 5.74) is 6.24. The van der Waals surface area contributed by atoms with Crippen molar-refractivity contribution in [3.63, 3.8) is 0 Å². The molecule has 2 aromatic heterocycles. The highest BCUT2D eigenvalue weighted by Crippen LogP contribution is 2.40. The van der Waals surface area contributed by atoms with Gasteiger partial charge in [-0.25, -0.2) is 9.59 Å². The molecule has 8 rings (SSSR count). The number of aromatic nitrogens is 2. The predicted octanol–water partition coefficient (Wildman–Crippen LogP) is 8.23. The number of likely N-dealkylation sites (N-methyl/N-ethyl adjacent to an activating group) is 2. The predicted molar refractivity (Wildman–Crippen MR) is 301 cm³/mol. The molecule has 0 fully saturated rings. The van der Waals surface area contributed by atoms with Crippen molar-refractivity contribution in [1.29, 1.82) is 0 Å². The Labute approximate surface area is 462 Å². The molecular formula is C56H66Cl4N8O8. The quantitative estimate of drug-likeness (QED) is 0.0410. The second-order valence-electron chi connectivity index (χ2n) is 19.3. The van der Waals surface area contributed by atoms with Gasteiger partial charge in [0.2, 0.25) is 0 Å². The molecule has 2 atom stereocenters. The van der Waals surface area contributed by atoms with Gasteiger partial charge in [-0.2, -0.15) is 0 Å². The SMILES string of the molecule is CN1Cc2c(Cl)cc(Cl)cc2C(c2ccc3ccn(CCOCCOCCNC(=O)NCCCCNC(=O)NCCOCCOCCn4ccc5ccc(C6CN(C)Cc7c(Cl)cc(Cl)cc76)cc5c4=O)c(=O)c3c2)C1. The van der Waals surface area contributed by atoms with Crippen molar-refractivity contribution < 1.29 is 28.5 Å². The van der Waals surface area contributed by atoms with Crippen LogP contribution in [-0.4, -0.2) is 137 Å². The molecular weight excluding hydrogens is 1050 g/mol. The van der Waals surface area contributed by atoms with E-state index in [1.807, 2.05) is 48.5 Å². The van der Waals surface area contributed by atoms with Crippen LogP contribution in [0.15, 0.2) is 94.8 Å². The summed E-state index contributed by atoms with van der Waals surface area (Å²) in [6.07, 6.45) is 4.96. The van der Waals surface area contributed by atoms with Crippen LogP contribution in [0.4, 0.5) is 9.59 Å². The molecule has 0 bridgehead atoms. The smallest absolute Gasteiger partial charge is 0.314 e. The molecule has 6 aromatic rings. The number of halogens is 4. The molecule has 4 N–H and O–H groups in total. The zero-order valence-corrected chi connectivity index (χ0v) is 46.0. The first kappa shape index (κ1) is 56.9. The van der Waals surface area contributed by atoms with Crippen molar-refractivity contribution in [2.24, 2.45) is 0 Å². The first-order valence-electron chi connectivity index (χ1n) is 25.8. The van der Waals surface area contributed by atoms with Crippen molar-refractivity contribution in [2.75, 3.05) is 106 Å². The topological polar surface area (TPSA) is 170 Å². The molecule has 20 heteroatoms. The summed E-state index contributed by atoms with van der Waals surface area (Å²) in [6, 6.07) is 23.0. The lowest BCUT2D eigenvalue weighted by atomic mass is 9.84. The van der Waals surface area contributed by atoms with E-state index in [0.717, 1.165) is 70.3 Å². The normalized spacial score (nSPS) is 15.7. The molecule has 4 aromatic carbocycles. The van der Waals surface area contributed by atoms with Crippen LogP contribution in [0.1, 0.15) is 58.1 Å². The summed E-state index contributed by atoms with van der Waals surface area (Å²) < 4.78 is 26.0. The van der Waals surface area contributed by atoms with Gasteiger partial charge in [0.25, 0.3) is 11.1 Å². The minimum absolute atomic E-state index is 0.0310. The number of hydrogen-bond donors (Lipinski definition) is 4. The van der Waals surface area contributed by atoms with Crippen LogP contribution < -0.4 is 32.4 Å². The summed E-state index contributed by atoms with van der Waals surface area (Å²) in [5.74, 6) is 0.0620. The fourth-order valence-electron chi connectivity index (χ4n) is 9.86. The Morgan fingerprint density at radius 3 is 1.33 bits per heavy atom. The number of ether oxygens (including phenoxy) is 4. The van der Waals surface area contributed by atoms with Gasteiger partial charge in [0.05, 0.1) is 52.9 Å². The molecule has 4 heterocycles. The molecule has 16 nitrogen and oxygen atoms in total. The number of urea groups is 2. The molecule has 406 valence electrons. The average molecular weight is 1120 g/mol. The number of carbonyl (C=O) groups is 2. The van der Waals surface area contributed by atoms with E-state index in [9.17, 15) is 19.2 Å². The molecule has 0 radical (unpaired) electrons. The minimum atomic E-state index is -0.295. The molecule has 0 aliphatic carbocycles. The Kier molecular flexibility index (Phi) is 20.9. The van der Waals surface area contributed by atoms with E-state index in [-0.39, 0.29) is 35.0 Å². The molecule has 76 heavy (non-hydrogen) atoms. The second-order valence-corrected chi connectivity index (χ2v) is 20.9. The Morgan fingerprint density at radius 1 is 0.513 bits per heavy atom. The maximum absolute atomic E-state index is 13.5. The van der Waals surface area contributed by atoms with E-state index in [4.69, 9.17) is 65.4 Å². The van der Waals surface area contributed by atoms with Gasteiger partial charge < -0.3 is 59.1 Å². The van der Waals surface area contributed by atoms with Crippen LogP contribution in [-0.2, 0) is 45.1 Å². The standard InChI is InChI=1S/C56H66Cl4N8O8/c1-65-33-47(45-29-41(57)31-51(59)49(45)35-65)39-7-5-37-9-15-67(53(69)43(37)27-39)17-21-75-25-23-73-19-13-63-55(71)61-11-3-4-12-62-56(72)64-14-20-74-24-26-76-22-18-68-16-10-38-6-8-40(28-44(38)54(68)70)48-34-66(2)36-50-46(48)30-42(58)32-52(50)60/h5-10,15-16,27-32,47-48H,3-4,11-14,17-26,33-36H2,1-2H3,(H2,61,63,71)(H2,62,64,72).